The van der Waals surface area contributed by atoms with Crippen molar-refractivity contribution in [1.82, 2.24) is 0 Å². The number of phenols is 1. The number of rotatable bonds is 3. The highest BCUT2D eigenvalue weighted by Gasteiger charge is 2.31. The maximum absolute atomic E-state index is 13.1. The van der Waals surface area contributed by atoms with Crippen LogP contribution in [0.4, 0.5) is 23.2 Å². The number of sulfonamides is 1. The summed E-state index contributed by atoms with van der Waals surface area (Å²) in [4.78, 5) is -0.661. The molecule has 0 atom stereocenters. The zero-order valence-corrected chi connectivity index (χ0v) is 11.5. The number of hydrogen-bond donors (Lipinski definition) is 2. The van der Waals surface area contributed by atoms with Gasteiger partial charge in [-0.1, -0.05) is 6.07 Å². The average Bonchev–Trinajstić information content (AvgIpc) is 2.42. The number of hydrogen-bond acceptors (Lipinski definition) is 3. The standard InChI is InChI=1S/C13H9F4NO3S/c14-9-4-5-12(19)11(7-9)18-22(20,21)10-3-1-2-8(6-10)13(15,16)17/h1-7,18-19H. The van der Waals surface area contributed by atoms with E-state index in [0.717, 1.165) is 30.3 Å². The highest BCUT2D eigenvalue weighted by molar-refractivity contribution is 7.92. The summed E-state index contributed by atoms with van der Waals surface area (Å²) in [6.07, 6.45) is -4.70. The number of nitrogens with one attached hydrogen (secondary N) is 1. The molecule has 0 saturated heterocycles. The summed E-state index contributed by atoms with van der Waals surface area (Å²) in [5.74, 6) is -1.38. The monoisotopic (exact) mass is 335 g/mol. The van der Waals surface area contributed by atoms with E-state index in [-0.39, 0.29) is 0 Å². The lowest BCUT2D eigenvalue weighted by molar-refractivity contribution is -0.137. The molecule has 0 fully saturated rings. The summed E-state index contributed by atoms with van der Waals surface area (Å²) in [5, 5.41) is 9.46. The van der Waals surface area contributed by atoms with Gasteiger partial charge in [0, 0.05) is 6.07 Å². The van der Waals surface area contributed by atoms with Crippen molar-refractivity contribution in [3.8, 4) is 5.75 Å². The molecule has 0 bridgehead atoms. The van der Waals surface area contributed by atoms with E-state index in [1.54, 1.807) is 0 Å². The third kappa shape index (κ3) is 3.48. The number of phenolic OH excluding ortho intramolecular Hbond substituents is 1. The Kier molecular flexibility index (Phi) is 4.01. The number of anilines is 1. The average molecular weight is 335 g/mol. The molecule has 0 saturated carbocycles. The van der Waals surface area contributed by atoms with Gasteiger partial charge < -0.3 is 5.11 Å². The van der Waals surface area contributed by atoms with Gasteiger partial charge in [-0.05, 0) is 30.3 Å². The highest BCUT2D eigenvalue weighted by Crippen LogP contribution is 2.31. The van der Waals surface area contributed by atoms with Gasteiger partial charge in [0.05, 0.1) is 16.1 Å². The Bertz CT molecular complexity index is 803. The van der Waals surface area contributed by atoms with E-state index in [1.807, 2.05) is 4.72 Å². The number of halogens is 4. The Hall–Kier alpha value is -2.29. The van der Waals surface area contributed by atoms with E-state index in [9.17, 15) is 31.1 Å². The van der Waals surface area contributed by atoms with E-state index in [0.29, 0.717) is 12.1 Å². The van der Waals surface area contributed by atoms with Crippen molar-refractivity contribution in [2.24, 2.45) is 0 Å². The van der Waals surface area contributed by atoms with Crippen molar-refractivity contribution in [1.29, 1.82) is 0 Å². The molecular weight excluding hydrogens is 326 g/mol. The molecule has 2 N–H and O–H groups in total. The minimum Gasteiger partial charge on any atom is -0.506 e. The van der Waals surface area contributed by atoms with Gasteiger partial charge in [-0.15, -0.1) is 0 Å². The largest absolute Gasteiger partial charge is 0.506 e. The zero-order chi connectivity index (χ0) is 16.5. The van der Waals surface area contributed by atoms with Crippen LogP contribution in [0, 0.1) is 5.82 Å². The highest BCUT2D eigenvalue weighted by atomic mass is 32.2. The molecule has 9 heteroatoms. The minimum atomic E-state index is -4.70. The van der Waals surface area contributed by atoms with E-state index >= 15 is 0 Å². The number of benzene rings is 2. The zero-order valence-electron chi connectivity index (χ0n) is 10.7. The van der Waals surface area contributed by atoms with Crippen LogP contribution in [0.25, 0.3) is 0 Å². The molecule has 0 heterocycles. The van der Waals surface area contributed by atoms with Crippen LogP contribution in [-0.4, -0.2) is 13.5 Å². The molecule has 0 aliphatic heterocycles. The van der Waals surface area contributed by atoms with Crippen molar-refractivity contribution < 1.29 is 31.1 Å². The molecule has 2 aromatic rings. The fraction of sp³-hybridized carbons (Fsp3) is 0.0769. The second-order valence-electron chi connectivity index (χ2n) is 4.29. The van der Waals surface area contributed by atoms with Crippen LogP contribution in [0.5, 0.6) is 5.75 Å². The van der Waals surface area contributed by atoms with Crippen LogP contribution < -0.4 is 4.72 Å². The molecule has 0 unspecified atom stereocenters. The molecule has 0 aromatic heterocycles. The quantitative estimate of drug-likeness (QED) is 0.668. The van der Waals surface area contributed by atoms with Gasteiger partial charge in [0.15, 0.2) is 0 Å². The summed E-state index contributed by atoms with van der Waals surface area (Å²) < 4.78 is 76.7. The molecule has 0 aliphatic carbocycles. The molecule has 118 valence electrons. The lowest BCUT2D eigenvalue weighted by Gasteiger charge is -2.12. The first-order valence-corrected chi connectivity index (χ1v) is 7.26. The summed E-state index contributed by atoms with van der Waals surface area (Å²) >= 11 is 0. The second kappa shape index (κ2) is 5.48. The molecule has 0 amide bonds. The van der Waals surface area contributed by atoms with Crippen LogP contribution in [0.1, 0.15) is 5.56 Å². The van der Waals surface area contributed by atoms with Gasteiger partial charge >= 0.3 is 6.18 Å². The smallest absolute Gasteiger partial charge is 0.416 e. The number of aromatic hydroxyl groups is 1. The second-order valence-corrected chi connectivity index (χ2v) is 5.97. The van der Waals surface area contributed by atoms with Crippen molar-refractivity contribution in [2.75, 3.05) is 4.72 Å². The van der Waals surface area contributed by atoms with Crippen LogP contribution in [0.15, 0.2) is 47.4 Å². The predicted octanol–water partition coefficient (Wildman–Crippen LogP) is 3.35. The van der Waals surface area contributed by atoms with E-state index < -0.39 is 43.9 Å². The Morgan fingerprint density at radius 1 is 1.05 bits per heavy atom. The Labute approximate surface area is 123 Å². The fourth-order valence-corrected chi connectivity index (χ4v) is 2.74. The van der Waals surface area contributed by atoms with Crippen LogP contribution >= 0.6 is 0 Å². The van der Waals surface area contributed by atoms with E-state index in [2.05, 4.69) is 0 Å². The first kappa shape index (κ1) is 16.1. The molecule has 2 aromatic carbocycles. The van der Waals surface area contributed by atoms with Crippen molar-refractivity contribution in [3.63, 3.8) is 0 Å². The maximum Gasteiger partial charge on any atom is 0.416 e. The molecule has 0 radical (unpaired) electrons. The summed E-state index contributed by atoms with van der Waals surface area (Å²) in [5.41, 5.74) is -1.61. The first-order chi connectivity index (χ1) is 10.1. The van der Waals surface area contributed by atoms with Crippen molar-refractivity contribution in [2.45, 2.75) is 11.1 Å². The third-order valence-corrected chi connectivity index (χ3v) is 4.04. The molecule has 4 nitrogen and oxygen atoms in total. The van der Waals surface area contributed by atoms with Crippen LogP contribution in [0.3, 0.4) is 0 Å². The van der Waals surface area contributed by atoms with E-state index in [4.69, 9.17) is 0 Å². The SMILES string of the molecule is O=S(=O)(Nc1cc(F)ccc1O)c1cccc(C(F)(F)F)c1. The van der Waals surface area contributed by atoms with Gasteiger partial charge in [-0.3, -0.25) is 4.72 Å². The molecule has 22 heavy (non-hydrogen) atoms. The normalized spacial score (nSPS) is 12.2. The summed E-state index contributed by atoms with van der Waals surface area (Å²) in [6, 6.07) is 5.57. The van der Waals surface area contributed by atoms with E-state index in [1.165, 1.54) is 0 Å². The first-order valence-electron chi connectivity index (χ1n) is 5.78. The lowest BCUT2D eigenvalue weighted by Crippen LogP contribution is -2.14. The van der Waals surface area contributed by atoms with Gasteiger partial charge in [-0.2, -0.15) is 13.2 Å². The van der Waals surface area contributed by atoms with Crippen molar-refractivity contribution in [3.05, 3.63) is 53.8 Å². The topological polar surface area (TPSA) is 66.4 Å². The predicted molar refractivity (Wildman–Crippen MR) is 70.3 cm³/mol. The van der Waals surface area contributed by atoms with Crippen LogP contribution in [-0.2, 0) is 16.2 Å². The third-order valence-electron chi connectivity index (χ3n) is 2.67. The van der Waals surface area contributed by atoms with Gasteiger partial charge in [0.25, 0.3) is 10.0 Å². The van der Waals surface area contributed by atoms with Gasteiger partial charge in [0.1, 0.15) is 11.6 Å². The lowest BCUT2D eigenvalue weighted by atomic mass is 10.2. The van der Waals surface area contributed by atoms with Gasteiger partial charge in [-0.25, -0.2) is 12.8 Å². The van der Waals surface area contributed by atoms with Crippen LogP contribution in [0.2, 0.25) is 0 Å². The Balaban J connectivity index is 2.41. The maximum atomic E-state index is 13.1. The summed E-state index contributed by atoms with van der Waals surface area (Å²) in [7, 11) is -4.41. The van der Waals surface area contributed by atoms with Gasteiger partial charge in [0.2, 0.25) is 0 Å². The molecule has 0 aliphatic rings. The molecule has 0 spiro atoms. The Morgan fingerprint density at radius 2 is 1.73 bits per heavy atom. The molecule has 2 rings (SSSR count). The minimum absolute atomic E-state index is 0.443. The Morgan fingerprint density at radius 3 is 2.36 bits per heavy atom. The molecular formula is C13H9F4NO3S. The summed E-state index contributed by atoms with van der Waals surface area (Å²) in [6.45, 7) is 0. The fourth-order valence-electron chi connectivity index (χ4n) is 1.63. The number of alkyl halides is 3. The van der Waals surface area contributed by atoms with Crippen molar-refractivity contribution >= 4 is 15.7 Å².